The summed E-state index contributed by atoms with van der Waals surface area (Å²) < 4.78 is 0. The van der Waals surface area contributed by atoms with Gasteiger partial charge < -0.3 is 0 Å². The SMILES string of the molecule is CC(C)(C)C(=O)CC1N=C(c2nccs2)c2ccccc2N(N)C1=O. The molecule has 1 aliphatic rings. The number of hydrogen-bond donors (Lipinski definition) is 1. The van der Waals surface area contributed by atoms with Gasteiger partial charge in [0, 0.05) is 29.0 Å². The standard InChI is InChI=1S/C18H20N4O2S/c1-18(2,3)14(23)10-12-17(24)22(19)13-7-5-4-6-11(13)15(21-12)16-20-8-9-25-16/h4-9,12H,10,19H2,1-3H3. The fourth-order valence-corrected chi connectivity index (χ4v) is 3.22. The first-order valence-corrected chi connectivity index (χ1v) is 8.86. The molecule has 1 aliphatic heterocycles. The fraction of sp³-hybridized carbons (Fsp3) is 0.333. The van der Waals surface area contributed by atoms with Crippen molar-refractivity contribution in [2.45, 2.75) is 33.2 Å². The zero-order valence-corrected chi connectivity index (χ0v) is 15.2. The zero-order valence-electron chi connectivity index (χ0n) is 14.4. The van der Waals surface area contributed by atoms with Gasteiger partial charge in [-0.05, 0) is 6.07 Å². The van der Waals surface area contributed by atoms with Crippen LogP contribution >= 0.6 is 11.3 Å². The highest BCUT2D eigenvalue weighted by atomic mass is 32.1. The molecule has 0 saturated carbocycles. The quantitative estimate of drug-likeness (QED) is 0.676. The number of amides is 1. The van der Waals surface area contributed by atoms with E-state index in [4.69, 9.17) is 5.84 Å². The third kappa shape index (κ3) is 3.38. The molecular formula is C18H20N4O2S. The number of aromatic nitrogens is 1. The molecule has 0 fully saturated rings. The van der Waals surface area contributed by atoms with Gasteiger partial charge in [0.2, 0.25) is 0 Å². The summed E-state index contributed by atoms with van der Waals surface area (Å²) in [7, 11) is 0. The van der Waals surface area contributed by atoms with Gasteiger partial charge in [-0.3, -0.25) is 14.6 Å². The molecule has 6 nitrogen and oxygen atoms in total. The third-order valence-corrected chi connectivity index (χ3v) is 4.86. The molecule has 0 spiro atoms. The normalized spacial score (nSPS) is 17.8. The predicted octanol–water partition coefficient (Wildman–Crippen LogP) is 2.57. The molecule has 130 valence electrons. The minimum absolute atomic E-state index is 0.0128. The number of nitrogens with two attached hydrogens (primary N) is 1. The molecule has 1 aromatic carbocycles. The molecule has 1 aromatic heterocycles. The van der Waals surface area contributed by atoms with Crippen LogP contribution < -0.4 is 10.9 Å². The van der Waals surface area contributed by atoms with E-state index in [0.29, 0.717) is 16.4 Å². The lowest BCUT2D eigenvalue weighted by Crippen LogP contribution is -2.44. The average molecular weight is 356 g/mol. The maximum atomic E-state index is 12.8. The van der Waals surface area contributed by atoms with Gasteiger partial charge in [0.25, 0.3) is 5.91 Å². The summed E-state index contributed by atoms with van der Waals surface area (Å²) in [6.45, 7) is 5.49. The maximum Gasteiger partial charge on any atom is 0.266 e. The van der Waals surface area contributed by atoms with Crippen molar-refractivity contribution in [2.75, 3.05) is 5.01 Å². The summed E-state index contributed by atoms with van der Waals surface area (Å²) >= 11 is 1.43. The molecular weight excluding hydrogens is 336 g/mol. The Bertz CT molecular complexity index is 837. The van der Waals surface area contributed by atoms with Gasteiger partial charge in [-0.25, -0.2) is 15.8 Å². The van der Waals surface area contributed by atoms with Crippen molar-refractivity contribution in [3.63, 3.8) is 0 Å². The van der Waals surface area contributed by atoms with Crippen LogP contribution in [0.25, 0.3) is 0 Å². The Morgan fingerprint density at radius 2 is 2.04 bits per heavy atom. The minimum Gasteiger partial charge on any atom is -0.299 e. The van der Waals surface area contributed by atoms with Gasteiger partial charge in [0.15, 0.2) is 0 Å². The molecule has 2 heterocycles. The number of hydrazine groups is 1. The number of anilines is 1. The lowest BCUT2D eigenvalue weighted by atomic mass is 9.87. The van der Waals surface area contributed by atoms with Gasteiger partial charge in [0.05, 0.1) is 5.69 Å². The smallest absolute Gasteiger partial charge is 0.266 e. The summed E-state index contributed by atoms with van der Waals surface area (Å²) in [5.41, 5.74) is 1.35. The number of fused-ring (bicyclic) bond motifs is 1. The second-order valence-electron chi connectivity index (χ2n) is 6.93. The number of hydrogen-bond acceptors (Lipinski definition) is 6. The van der Waals surface area contributed by atoms with Gasteiger partial charge >= 0.3 is 0 Å². The van der Waals surface area contributed by atoms with E-state index in [0.717, 1.165) is 10.6 Å². The molecule has 0 radical (unpaired) electrons. The van der Waals surface area contributed by atoms with E-state index >= 15 is 0 Å². The minimum atomic E-state index is -0.858. The molecule has 1 amide bonds. The van der Waals surface area contributed by atoms with Crippen molar-refractivity contribution in [3.05, 3.63) is 46.4 Å². The van der Waals surface area contributed by atoms with E-state index in [-0.39, 0.29) is 12.2 Å². The van der Waals surface area contributed by atoms with Crippen LogP contribution in [0.3, 0.4) is 0 Å². The molecule has 0 saturated heterocycles. The first-order chi connectivity index (χ1) is 11.8. The van der Waals surface area contributed by atoms with Crippen LogP contribution in [-0.2, 0) is 9.59 Å². The van der Waals surface area contributed by atoms with Crippen molar-refractivity contribution in [1.82, 2.24) is 4.98 Å². The van der Waals surface area contributed by atoms with Crippen LogP contribution in [0.4, 0.5) is 5.69 Å². The lowest BCUT2D eigenvalue weighted by molar-refractivity contribution is -0.129. The summed E-state index contributed by atoms with van der Waals surface area (Å²) in [6.07, 6.45) is 1.70. The van der Waals surface area contributed by atoms with E-state index in [1.54, 1.807) is 12.3 Å². The molecule has 2 N–H and O–H groups in total. The van der Waals surface area contributed by atoms with Crippen LogP contribution in [0.2, 0.25) is 0 Å². The van der Waals surface area contributed by atoms with E-state index in [2.05, 4.69) is 9.98 Å². The predicted molar refractivity (Wildman–Crippen MR) is 98.7 cm³/mol. The second-order valence-corrected chi connectivity index (χ2v) is 7.83. The molecule has 25 heavy (non-hydrogen) atoms. The van der Waals surface area contributed by atoms with Crippen LogP contribution in [0.1, 0.15) is 37.8 Å². The lowest BCUT2D eigenvalue weighted by Gasteiger charge is -2.22. The van der Waals surface area contributed by atoms with Crippen molar-refractivity contribution in [1.29, 1.82) is 0 Å². The summed E-state index contributed by atoms with van der Waals surface area (Å²) in [5, 5.41) is 3.65. The maximum absolute atomic E-state index is 12.8. The summed E-state index contributed by atoms with van der Waals surface area (Å²) in [5.74, 6) is 5.64. The van der Waals surface area contributed by atoms with E-state index < -0.39 is 17.4 Å². The largest absolute Gasteiger partial charge is 0.299 e. The first kappa shape index (κ1) is 17.4. The average Bonchev–Trinajstić information content (AvgIpc) is 3.07. The Balaban J connectivity index is 2.11. The Kier molecular flexibility index (Phi) is 4.53. The molecule has 1 atom stereocenters. The van der Waals surface area contributed by atoms with Crippen LogP contribution in [-0.4, -0.2) is 28.4 Å². The highest BCUT2D eigenvalue weighted by Crippen LogP contribution is 2.29. The van der Waals surface area contributed by atoms with Gasteiger partial charge in [-0.1, -0.05) is 39.0 Å². The van der Waals surface area contributed by atoms with E-state index in [9.17, 15) is 9.59 Å². The van der Waals surface area contributed by atoms with E-state index in [1.807, 2.05) is 44.4 Å². The van der Waals surface area contributed by atoms with Gasteiger partial charge in [0.1, 0.15) is 22.5 Å². The number of benzodiazepines with no additional fused rings is 1. The van der Waals surface area contributed by atoms with Crippen molar-refractivity contribution in [3.8, 4) is 0 Å². The molecule has 0 aliphatic carbocycles. The number of benzene rings is 1. The molecule has 3 rings (SSSR count). The Hall–Kier alpha value is -2.38. The topological polar surface area (TPSA) is 88.7 Å². The molecule has 7 heteroatoms. The number of thiazole rings is 1. The number of aliphatic imine (C=N–C) groups is 1. The number of Topliss-reactive ketones (excluding diaryl/α,β-unsaturated/α-hetero) is 1. The van der Waals surface area contributed by atoms with E-state index in [1.165, 1.54) is 11.3 Å². The zero-order chi connectivity index (χ0) is 18.2. The Morgan fingerprint density at radius 1 is 1.32 bits per heavy atom. The molecule has 0 bridgehead atoms. The molecule has 2 aromatic rings. The summed E-state index contributed by atoms with van der Waals surface area (Å²) in [4.78, 5) is 34.2. The Morgan fingerprint density at radius 3 is 2.68 bits per heavy atom. The number of carbonyl (C=O) groups is 2. The monoisotopic (exact) mass is 356 g/mol. The number of carbonyl (C=O) groups excluding carboxylic acids is 2. The van der Waals surface area contributed by atoms with Crippen LogP contribution in [0, 0.1) is 5.41 Å². The van der Waals surface area contributed by atoms with Gasteiger partial charge in [-0.2, -0.15) is 0 Å². The fourth-order valence-electron chi connectivity index (χ4n) is 2.57. The number of nitrogens with zero attached hydrogens (tertiary/aromatic N) is 3. The van der Waals surface area contributed by atoms with Crippen molar-refractivity contribution >= 4 is 34.4 Å². The summed E-state index contributed by atoms with van der Waals surface area (Å²) in [6, 6.07) is 6.44. The van der Waals surface area contributed by atoms with Crippen molar-refractivity contribution in [2.24, 2.45) is 16.3 Å². The number of ketones is 1. The third-order valence-electron chi connectivity index (χ3n) is 4.08. The van der Waals surface area contributed by atoms with Crippen LogP contribution in [0.5, 0.6) is 0 Å². The Labute approximate surface area is 150 Å². The highest BCUT2D eigenvalue weighted by molar-refractivity contribution is 7.12. The first-order valence-electron chi connectivity index (χ1n) is 7.98. The number of rotatable bonds is 3. The molecule has 1 unspecified atom stereocenters. The second kappa shape index (κ2) is 6.50. The number of para-hydroxylation sites is 1. The van der Waals surface area contributed by atoms with Crippen molar-refractivity contribution < 1.29 is 9.59 Å². The van der Waals surface area contributed by atoms with Gasteiger partial charge in [-0.15, -0.1) is 11.3 Å². The van der Waals surface area contributed by atoms with Crippen LogP contribution in [0.15, 0.2) is 40.8 Å². The highest BCUT2D eigenvalue weighted by Gasteiger charge is 2.34.